The van der Waals surface area contributed by atoms with Crippen molar-refractivity contribution >= 4 is 23.7 Å². The molecule has 4 fully saturated rings. The highest BCUT2D eigenvalue weighted by atomic mass is 16.7. The van der Waals surface area contributed by atoms with Crippen LogP contribution in [0.5, 0.6) is 0 Å². The molecule has 4 N–H and O–H groups in total. The number of aliphatic hydroxyl groups is 4. The number of hydrogen-bond donors (Lipinski definition) is 4. The molecule has 394 valence electrons. The Kier molecular flexibility index (Phi) is 20.0. The molecule has 0 amide bonds. The van der Waals surface area contributed by atoms with Gasteiger partial charge in [0, 0.05) is 56.0 Å². The summed E-state index contributed by atoms with van der Waals surface area (Å²) in [6.45, 7) is 21.1. The van der Waals surface area contributed by atoms with E-state index in [0.717, 1.165) is 0 Å². The van der Waals surface area contributed by atoms with E-state index >= 15 is 0 Å². The maximum Gasteiger partial charge on any atom is 0.311 e. The van der Waals surface area contributed by atoms with Crippen LogP contribution in [0.3, 0.4) is 0 Å². The highest BCUT2D eigenvalue weighted by molar-refractivity contribution is 5.83. The average Bonchev–Trinajstić information content (AvgIpc) is 3.24. The summed E-state index contributed by atoms with van der Waals surface area (Å²) in [5, 5.41) is 47.0. The van der Waals surface area contributed by atoms with E-state index in [0.29, 0.717) is 6.42 Å². The van der Waals surface area contributed by atoms with Gasteiger partial charge in [-0.25, -0.2) is 0 Å². The number of esters is 3. The molecule has 0 saturated carbocycles. The predicted octanol–water partition coefficient (Wildman–Crippen LogP) is 3.11. The summed E-state index contributed by atoms with van der Waals surface area (Å²) in [4.78, 5) is 58.4. The van der Waals surface area contributed by atoms with Crippen LogP contribution in [0.25, 0.3) is 0 Å². The number of ether oxygens (including phenoxy) is 9. The molecule has 4 heterocycles. The van der Waals surface area contributed by atoms with Crippen molar-refractivity contribution in [1.82, 2.24) is 9.80 Å². The SMILES string of the molecule is CCC(=O)OC1C(C)OC(OC2C(C)C(=O)OC(CC)C(C)(O)C(O)C(C)C(=O)C(C)CC(C)(OC3CC(N(C)C)C(O)C(C)O3)C(OC3OC(C)CC(N(C)C)C3O)C2C)CC1(C)OC(C)=O. The topological polar surface area (TPSA) is 239 Å². The Morgan fingerprint density at radius 2 is 1.34 bits per heavy atom. The van der Waals surface area contributed by atoms with Crippen LogP contribution in [0.4, 0.5) is 0 Å². The van der Waals surface area contributed by atoms with Crippen molar-refractivity contribution in [2.45, 2.75) is 237 Å². The number of carbonyl (C=O) groups excluding carboxylic acids is 4. The second-order valence-corrected chi connectivity index (χ2v) is 21.3. The second kappa shape index (κ2) is 23.4. The number of rotatable bonds is 12. The van der Waals surface area contributed by atoms with Gasteiger partial charge in [0.25, 0.3) is 0 Å². The number of hydrogen-bond acceptors (Lipinski definition) is 19. The Bertz CT molecular complexity index is 1700. The first-order chi connectivity index (χ1) is 31.4. The number of cyclic esters (lactones) is 1. The van der Waals surface area contributed by atoms with Crippen LogP contribution in [-0.2, 0) is 61.8 Å². The predicted molar refractivity (Wildman–Crippen MR) is 246 cm³/mol. The molecular formula is C49H86N2O17. The summed E-state index contributed by atoms with van der Waals surface area (Å²) >= 11 is 0. The fourth-order valence-electron chi connectivity index (χ4n) is 11.1. The molecule has 0 aromatic carbocycles. The largest absolute Gasteiger partial charge is 0.459 e. The van der Waals surface area contributed by atoms with Gasteiger partial charge in [0.2, 0.25) is 0 Å². The van der Waals surface area contributed by atoms with Crippen LogP contribution in [0.2, 0.25) is 0 Å². The quantitative estimate of drug-likeness (QED) is 0.162. The Morgan fingerprint density at radius 3 is 1.90 bits per heavy atom. The highest BCUT2D eigenvalue weighted by Crippen LogP contribution is 2.44. The van der Waals surface area contributed by atoms with Crippen LogP contribution in [0.15, 0.2) is 0 Å². The lowest BCUT2D eigenvalue weighted by molar-refractivity contribution is -0.340. The van der Waals surface area contributed by atoms with Crippen LogP contribution in [0, 0.1) is 23.7 Å². The fourth-order valence-corrected chi connectivity index (χ4v) is 11.1. The normalized spacial score (nSPS) is 45.9. The Labute approximate surface area is 404 Å². The molecule has 0 aliphatic carbocycles. The molecule has 0 aromatic rings. The zero-order valence-electron chi connectivity index (χ0n) is 43.7. The monoisotopic (exact) mass is 975 g/mol. The number of aliphatic hydroxyl groups excluding tert-OH is 3. The van der Waals surface area contributed by atoms with Crippen molar-refractivity contribution in [2.24, 2.45) is 23.7 Å². The van der Waals surface area contributed by atoms with Crippen molar-refractivity contribution in [2.75, 3.05) is 28.2 Å². The summed E-state index contributed by atoms with van der Waals surface area (Å²) < 4.78 is 58.2. The molecule has 4 saturated heterocycles. The van der Waals surface area contributed by atoms with E-state index in [9.17, 15) is 39.6 Å². The summed E-state index contributed by atoms with van der Waals surface area (Å²) in [6, 6.07) is -0.804. The third kappa shape index (κ3) is 13.2. The Hall–Kier alpha value is -2.40. The summed E-state index contributed by atoms with van der Waals surface area (Å²) in [6.07, 6.45) is -13.3. The molecule has 0 spiro atoms. The lowest BCUT2D eigenvalue weighted by atomic mass is 9.73. The van der Waals surface area contributed by atoms with Gasteiger partial charge >= 0.3 is 17.9 Å². The maximum atomic E-state index is 14.7. The lowest BCUT2D eigenvalue weighted by Crippen LogP contribution is -2.63. The van der Waals surface area contributed by atoms with Gasteiger partial charge in [-0.05, 0) is 95.9 Å². The number of carbonyl (C=O) groups is 4. The zero-order chi connectivity index (χ0) is 51.5. The van der Waals surface area contributed by atoms with Crippen molar-refractivity contribution in [3.8, 4) is 0 Å². The number of Topliss-reactive ketones (excluding diaryl/α,β-unsaturated/α-hetero) is 1. The molecule has 4 rings (SSSR count). The van der Waals surface area contributed by atoms with Crippen molar-refractivity contribution in [1.29, 1.82) is 0 Å². The molecule has 22 unspecified atom stereocenters. The minimum absolute atomic E-state index is 0.0567. The fraction of sp³-hybridized carbons (Fsp3) is 0.918. The molecule has 0 bridgehead atoms. The zero-order valence-corrected chi connectivity index (χ0v) is 43.7. The first-order valence-corrected chi connectivity index (χ1v) is 24.6. The van der Waals surface area contributed by atoms with E-state index in [4.69, 9.17) is 42.6 Å². The van der Waals surface area contributed by atoms with Gasteiger partial charge in [-0.3, -0.25) is 19.2 Å². The molecular weight excluding hydrogens is 889 g/mol. The molecule has 22 atom stereocenters. The van der Waals surface area contributed by atoms with E-state index < -0.39 is 150 Å². The van der Waals surface area contributed by atoms with Gasteiger partial charge in [0.05, 0.1) is 54.2 Å². The summed E-state index contributed by atoms with van der Waals surface area (Å²) in [5.41, 5.74) is -5.14. The van der Waals surface area contributed by atoms with E-state index in [1.807, 2.05) is 44.9 Å². The van der Waals surface area contributed by atoms with Gasteiger partial charge in [-0.2, -0.15) is 0 Å². The number of nitrogens with zero attached hydrogens (tertiary/aromatic N) is 2. The van der Waals surface area contributed by atoms with Crippen LogP contribution < -0.4 is 0 Å². The Morgan fingerprint density at radius 1 is 0.750 bits per heavy atom. The van der Waals surface area contributed by atoms with Crippen LogP contribution in [-0.4, -0.2) is 191 Å². The molecule has 68 heavy (non-hydrogen) atoms. The van der Waals surface area contributed by atoms with E-state index in [1.165, 1.54) is 20.8 Å². The molecule has 4 aliphatic rings. The van der Waals surface area contributed by atoms with Crippen LogP contribution in [0.1, 0.15) is 129 Å². The van der Waals surface area contributed by atoms with E-state index in [1.54, 1.807) is 62.3 Å². The summed E-state index contributed by atoms with van der Waals surface area (Å²) in [7, 11) is 7.38. The molecule has 4 aliphatic heterocycles. The van der Waals surface area contributed by atoms with Gasteiger partial charge in [-0.1, -0.05) is 34.6 Å². The average molecular weight is 975 g/mol. The molecule has 19 nitrogen and oxygen atoms in total. The maximum absolute atomic E-state index is 14.7. The van der Waals surface area contributed by atoms with Gasteiger partial charge in [0.1, 0.15) is 23.6 Å². The number of ketones is 1. The molecule has 19 heteroatoms. The van der Waals surface area contributed by atoms with Gasteiger partial charge in [-0.15, -0.1) is 0 Å². The minimum atomic E-state index is -2.09. The van der Waals surface area contributed by atoms with Crippen molar-refractivity contribution in [3.63, 3.8) is 0 Å². The Balaban J connectivity index is 1.99. The van der Waals surface area contributed by atoms with E-state index in [2.05, 4.69) is 0 Å². The minimum Gasteiger partial charge on any atom is -0.459 e. The first-order valence-electron chi connectivity index (χ1n) is 24.6. The molecule has 0 radical (unpaired) electrons. The standard InChI is InChI=1S/C49H86N2O17/c1-18-34-49(13,59)42(57)26(5)38(54)24(3)22-47(11,68-36-21-33(51(16)17)39(55)29(8)61-36)43(66-46-40(56)32(50(14)15)20-25(4)60-46)27(6)41(28(7)45(58)63-34)65-37-23-48(12,67-31(10)52)44(30(9)62-37)64-35(53)19-2/h24-30,32-34,36-37,39-44,46,55-57,59H,18-23H2,1-17H3. The van der Waals surface area contributed by atoms with Gasteiger partial charge < -0.3 is 72.9 Å². The highest BCUT2D eigenvalue weighted by Gasteiger charge is 2.56. The smallest absolute Gasteiger partial charge is 0.311 e. The van der Waals surface area contributed by atoms with Crippen molar-refractivity contribution < 1.29 is 82.2 Å². The first kappa shape index (κ1) is 58.2. The third-order valence-corrected chi connectivity index (χ3v) is 15.0. The number of likely N-dealkylation sites (N-methyl/N-ethyl adjacent to an activating group) is 2. The van der Waals surface area contributed by atoms with E-state index in [-0.39, 0.29) is 38.2 Å². The van der Waals surface area contributed by atoms with Gasteiger partial charge in [0.15, 0.2) is 30.6 Å². The lowest BCUT2D eigenvalue weighted by Gasteiger charge is -2.51. The second-order valence-electron chi connectivity index (χ2n) is 21.3. The van der Waals surface area contributed by atoms with Crippen molar-refractivity contribution in [3.05, 3.63) is 0 Å². The molecule has 0 aromatic heterocycles. The van der Waals surface area contributed by atoms with Crippen LogP contribution >= 0.6 is 0 Å². The summed E-state index contributed by atoms with van der Waals surface area (Å²) in [5.74, 6) is -6.58. The third-order valence-electron chi connectivity index (χ3n) is 15.0.